The molecule has 0 saturated carbocycles. The smallest absolute Gasteiger partial charge is 0.240 e. The SMILES string of the molecule is CNC(C)CNS(=O)(=O)c1ccc(OC(C)C)cc1. The highest BCUT2D eigenvalue weighted by molar-refractivity contribution is 7.89. The summed E-state index contributed by atoms with van der Waals surface area (Å²) in [5.41, 5.74) is 0. The predicted molar refractivity (Wildman–Crippen MR) is 75.9 cm³/mol. The molecule has 0 radical (unpaired) electrons. The van der Waals surface area contributed by atoms with Gasteiger partial charge < -0.3 is 10.1 Å². The number of hydrogen-bond acceptors (Lipinski definition) is 4. The van der Waals surface area contributed by atoms with Crippen molar-refractivity contribution in [3.8, 4) is 5.75 Å². The molecule has 0 aliphatic carbocycles. The van der Waals surface area contributed by atoms with Crippen molar-refractivity contribution in [2.45, 2.75) is 37.8 Å². The van der Waals surface area contributed by atoms with Crippen LogP contribution in [0.1, 0.15) is 20.8 Å². The molecular weight excluding hydrogens is 264 g/mol. The second kappa shape index (κ2) is 6.88. The second-order valence-electron chi connectivity index (χ2n) is 4.68. The normalized spacial score (nSPS) is 13.5. The van der Waals surface area contributed by atoms with Gasteiger partial charge in [0.2, 0.25) is 10.0 Å². The Kier molecular flexibility index (Phi) is 5.78. The number of hydrogen-bond donors (Lipinski definition) is 2. The molecule has 0 aliphatic rings. The van der Waals surface area contributed by atoms with E-state index >= 15 is 0 Å². The molecule has 0 spiro atoms. The molecule has 0 fully saturated rings. The van der Waals surface area contributed by atoms with Crippen LogP contribution in [0.2, 0.25) is 0 Å². The maximum Gasteiger partial charge on any atom is 0.240 e. The van der Waals surface area contributed by atoms with Gasteiger partial charge >= 0.3 is 0 Å². The first kappa shape index (κ1) is 15.9. The Morgan fingerprint density at radius 1 is 1.16 bits per heavy atom. The van der Waals surface area contributed by atoms with Gasteiger partial charge in [-0.2, -0.15) is 0 Å². The Morgan fingerprint density at radius 3 is 2.21 bits per heavy atom. The lowest BCUT2D eigenvalue weighted by Gasteiger charge is -2.13. The highest BCUT2D eigenvalue weighted by atomic mass is 32.2. The summed E-state index contributed by atoms with van der Waals surface area (Å²) in [6, 6.07) is 6.50. The third-order valence-electron chi connectivity index (χ3n) is 2.58. The van der Waals surface area contributed by atoms with Crippen LogP contribution in [0.5, 0.6) is 5.75 Å². The van der Waals surface area contributed by atoms with Crippen LogP contribution < -0.4 is 14.8 Å². The Hall–Kier alpha value is -1.11. The molecule has 6 heteroatoms. The standard InChI is InChI=1S/C13H22N2O3S/c1-10(2)18-12-5-7-13(8-6-12)19(16,17)15-9-11(3)14-4/h5-8,10-11,14-15H,9H2,1-4H3. The summed E-state index contributed by atoms with van der Waals surface area (Å²) in [7, 11) is -1.67. The molecule has 0 amide bonds. The molecule has 1 atom stereocenters. The molecule has 1 aromatic rings. The first-order valence-electron chi connectivity index (χ1n) is 6.29. The van der Waals surface area contributed by atoms with E-state index in [0.29, 0.717) is 12.3 Å². The van der Waals surface area contributed by atoms with Crippen molar-refractivity contribution in [3.05, 3.63) is 24.3 Å². The molecule has 0 aliphatic heterocycles. The summed E-state index contributed by atoms with van der Waals surface area (Å²) in [6.45, 7) is 6.10. The van der Waals surface area contributed by atoms with Gasteiger partial charge in [0.25, 0.3) is 0 Å². The summed E-state index contributed by atoms with van der Waals surface area (Å²) in [6.07, 6.45) is 0.0667. The van der Waals surface area contributed by atoms with Gasteiger partial charge in [0.1, 0.15) is 5.75 Å². The van der Waals surface area contributed by atoms with Crippen LogP contribution in [0.3, 0.4) is 0 Å². The zero-order valence-corrected chi connectivity index (χ0v) is 12.6. The Bertz CT molecular complexity index is 483. The number of rotatable bonds is 7. The van der Waals surface area contributed by atoms with Crippen molar-refractivity contribution >= 4 is 10.0 Å². The first-order chi connectivity index (χ1) is 8.85. The van der Waals surface area contributed by atoms with Crippen LogP contribution in [-0.2, 0) is 10.0 Å². The summed E-state index contributed by atoms with van der Waals surface area (Å²) in [5, 5.41) is 2.97. The van der Waals surface area contributed by atoms with Crippen LogP contribution in [0, 0.1) is 0 Å². The lowest BCUT2D eigenvalue weighted by atomic mass is 10.3. The molecule has 0 saturated heterocycles. The van der Waals surface area contributed by atoms with E-state index in [4.69, 9.17) is 4.74 Å². The Labute approximate surface area is 115 Å². The minimum Gasteiger partial charge on any atom is -0.491 e. The number of likely N-dealkylation sites (N-methyl/N-ethyl adjacent to an activating group) is 1. The summed E-state index contributed by atoms with van der Waals surface area (Å²) < 4.78 is 32.0. The van der Waals surface area contributed by atoms with Crippen LogP contribution >= 0.6 is 0 Å². The fraction of sp³-hybridized carbons (Fsp3) is 0.538. The molecule has 0 aromatic heterocycles. The third-order valence-corrected chi connectivity index (χ3v) is 4.02. The zero-order chi connectivity index (χ0) is 14.5. The first-order valence-corrected chi connectivity index (χ1v) is 7.77. The Morgan fingerprint density at radius 2 is 1.74 bits per heavy atom. The van der Waals surface area contributed by atoms with E-state index in [1.165, 1.54) is 0 Å². The molecule has 5 nitrogen and oxygen atoms in total. The van der Waals surface area contributed by atoms with Gasteiger partial charge in [-0.3, -0.25) is 0 Å². The molecule has 108 valence electrons. The van der Waals surface area contributed by atoms with Crippen LogP contribution in [-0.4, -0.2) is 34.2 Å². The fourth-order valence-corrected chi connectivity index (χ4v) is 2.52. The number of ether oxygens (including phenoxy) is 1. The van der Waals surface area contributed by atoms with E-state index in [1.54, 1.807) is 31.3 Å². The number of benzene rings is 1. The largest absolute Gasteiger partial charge is 0.491 e. The minimum atomic E-state index is -3.46. The van der Waals surface area contributed by atoms with Crippen LogP contribution in [0.25, 0.3) is 0 Å². The highest BCUT2D eigenvalue weighted by Gasteiger charge is 2.14. The lowest BCUT2D eigenvalue weighted by molar-refractivity contribution is 0.242. The summed E-state index contributed by atoms with van der Waals surface area (Å²) in [4.78, 5) is 0.243. The van der Waals surface area contributed by atoms with Crippen LogP contribution in [0.15, 0.2) is 29.2 Å². The van der Waals surface area contributed by atoms with E-state index in [9.17, 15) is 8.42 Å². The van der Waals surface area contributed by atoms with E-state index in [-0.39, 0.29) is 17.0 Å². The molecular formula is C13H22N2O3S. The van der Waals surface area contributed by atoms with Crippen molar-refractivity contribution in [2.24, 2.45) is 0 Å². The number of nitrogens with one attached hydrogen (secondary N) is 2. The molecule has 0 heterocycles. The third kappa shape index (κ3) is 5.18. The van der Waals surface area contributed by atoms with Gasteiger partial charge in [0.05, 0.1) is 11.0 Å². The van der Waals surface area contributed by atoms with Gasteiger partial charge in [-0.1, -0.05) is 0 Å². The maximum absolute atomic E-state index is 12.0. The van der Waals surface area contributed by atoms with Crippen molar-refractivity contribution in [1.82, 2.24) is 10.0 Å². The van der Waals surface area contributed by atoms with E-state index in [1.807, 2.05) is 20.8 Å². The van der Waals surface area contributed by atoms with E-state index in [0.717, 1.165) is 0 Å². The number of sulfonamides is 1. The zero-order valence-electron chi connectivity index (χ0n) is 11.8. The van der Waals surface area contributed by atoms with Crippen molar-refractivity contribution in [1.29, 1.82) is 0 Å². The van der Waals surface area contributed by atoms with Gasteiger partial charge in [0, 0.05) is 12.6 Å². The molecule has 0 bridgehead atoms. The molecule has 1 unspecified atom stereocenters. The predicted octanol–water partition coefficient (Wildman–Crippen LogP) is 1.36. The van der Waals surface area contributed by atoms with Gasteiger partial charge in [-0.05, 0) is 52.1 Å². The summed E-state index contributed by atoms with van der Waals surface area (Å²) >= 11 is 0. The monoisotopic (exact) mass is 286 g/mol. The molecule has 19 heavy (non-hydrogen) atoms. The Balaban J connectivity index is 2.73. The fourth-order valence-electron chi connectivity index (χ4n) is 1.39. The highest BCUT2D eigenvalue weighted by Crippen LogP contribution is 2.16. The lowest BCUT2D eigenvalue weighted by Crippen LogP contribution is -2.37. The molecule has 2 N–H and O–H groups in total. The average molecular weight is 286 g/mol. The molecule has 1 rings (SSSR count). The van der Waals surface area contributed by atoms with Gasteiger partial charge in [-0.25, -0.2) is 13.1 Å². The van der Waals surface area contributed by atoms with Crippen LogP contribution in [0.4, 0.5) is 0 Å². The molecule has 1 aromatic carbocycles. The van der Waals surface area contributed by atoms with E-state index in [2.05, 4.69) is 10.0 Å². The average Bonchev–Trinajstić information content (AvgIpc) is 2.36. The van der Waals surface area contributed by atoms with Crippen molar-refractivity contribution in [3.63, 3.8) is 0 Å². The van der Waals surface area contributed by atoms with Gasteiger partial charge in [0.15, 0.2) is 0 Å². The maximum atomic E-state index is 12.0. The van der Waals surface area contributed by atoms with E-state index < -0.39 is 10.0 Å². The second-order valence-corrected chi connectivity index (χ2v) is 6.45. The summed E-state index contributed by atoms with van der Waals surface area (Å²) in [5.74, 6) is 0.664. The quantitative estimate of drug-likeness (QED) is 0.794. The van der Waals surface area contributed by atoms with Crippen molar-refractivity contribution in [2.75, 3.05) is 13.6 Å². The van der Waals surface area contributed by atoms with Crippen molar-refractivity contribution < 1.29 is 13.2 Å². The van der Waals surface area contributed by atoms with Gasteiger partial charge in [-0.15, -0.1) is 0 Å². The topological polar surface area (TPSA) is 67.4 Å². The minimum absolute atomic E-state index is 0.0667.